The third kappa shape index (κ3) is 2.83. The van der Waals surface area contributed by atoms with Crippen molar-refractivity contribution in [3.63, 3.8) is 0 Å². The average Bonchev–Trinajstić information content (AvgIpc) is 2.60. The Morgan fingerprint density at radius 3 is 2.67 bits per heavy atom. The van der Waals surface area contributed by atoms with Gasteiger partial charge in [0.25, 0.3) is 5.91 Å². The molecule has 92 valence electrons. The molecule has 0 atom stereocenters. The number of halogens is 1. The molecule has 1 aromatic rings. The zero-order chi connectivity index (χ0) is 13.1. The maximum absolute atomic E-state index is 12.1. The molecule has 1 fully saturated rings. The van der Waals surface area contributed by atoms with E-state index in [0.717, 1.165) is 5.56 Å². The molecular weight excluding hydrogens is 286 g/mol. The lowest BCUT2D eigenvalue weighted by Crippen LogP contribution is -2.27. The maximum atomic E-state index is 12.1. The zero-order valence-electron chi connectivity index (χ0n) is 9.43. The van der Waals surface area contributed by atoms with Crippen molar-refractivity contribution in [1.29, 1.82) is 0 Å². The Hall–Kier alpha value is -1.10. The topological polar surface area (TPSA) is 20.3 Å². The Morgan fingerprint density at radius 2 is 2.06 bits per heavy atom. The average molecular weight is 296 g/mol. The highest BCUT2D eigenvalue weighted by Gasteiger charge is 2.30. The van der Waals surface area contributed by atoms with Crippen molar-refractivity contribution in [2.45, 2.75) is 0 Å². The van der Waals surface area contributed by atoms with E-state index in [4.69, 9.17) is 23.8 Å². The third-order valence-electron chi connectivity index (χ3n) is 2.35. The highest BCUT2D eigenvalue weighted by molar-refractivity contribution is 8.26. The van der Waals surface area contributed by atoms with Crippen LogP contribution >= 0.6 is 35.6 Å². The summed E-state index contributed by atoms with van der Waals surface area (Å²) in [5.41, 5.74) is 0.929. The van der Waals surface area contributed by atoms with Crippen LogP contribution in [0.3, 0.4) is 0 Å². The highest BCUT2D eigenvalue weighted by Crippen LogP contribution is 2.32. The second kappa shape index (κ2) is 5.69. The fourth-order valence-electron chi connectivity index (χ4n) is 1.50. The first kappa shape index (κ1) is 13.3. The van der Waals surface area contributed by atoms with Crippen molar-refractivity contribution in [3.8, 4) is 0 Å². The lowest BCUT2D eigenvalue weighted by molar-refractivity contribution is -0.121. The van der Waals surface area contributed by atoms with Crippen molar-refractivity contribution in [2.75, 3.05) is 6.54 Å². The Morgan fingerprint density at radius 1 is 1.39 bits per heavy atom. The third-order valence-corrected chi connectivity index (χ3v) is 3.98. The van der Waals surface area contributed by atoms with E-state index < -0.39 is 0 Å². The summed E-state index contributed by atoms with van der Waals surface area (Å²) in [6, 6.07) is 7.31. The van der Waals surface area contributed by atoms with Crippen LogP contribution in [0, 0.1) is 0 Å². The monoisotopic (exact) mass is 295 g/mol. The molecule has 1 aliphatic heterocycles. The molecule has 0 N–H and O–H groups in total. The number of carbonyl (C=O) groups is 1. The number of thiocarbonyl (C=S) groups is 1. The molecule has 0 bridgehead atoms. The van der Waals surface area contributed by atoms with Gasteiger partial charge < -0.3 is 0 Å². The predicted molar refractivity (Wildman–Crippen MR) is 81.5 cm³/mol. The molecule has 2 nitrogen and oxygen atoms in total. The maximum Gasteiger partial charge on any atom is 0.266 e. The molecule has 0 aromatic heterocycles. The van der Waals surface area contributed by atoms with Gasteiger partial charge in [0.1, 0.15) is 4.32 Å². The summed E-state index contributed by atoms with van der Waals surface area (Å²) in [6.45, 7) is 4.06. The zero-order valence-corrected chi connectivity index (χ0v) is 11.8. The van der Waals surface area contributed by atoms with E-state index in [-0.39, 0.29) is 5.91 Å². The second-order valence-electron chi connectivity index (χ2n) is 3.63. The minimum absolute atomic E-state index is 0.0696. The smallest absolute Gasteiger partial charge is 0.266 e. The fraction of sp³-hybridized carbons (Fsp3) is 0.0769. The molecule has 2 rings (SSSR count). The quantitative estimate of drug-likeness (QED) is 0.481. The first-order chi connectivity index (χ1) is 8.61. The van der Waals surface area contributed by atoms with Gasteiger partial charge in [0.15, 0.2) is 0 Å². The lowest BCUT2D eigenvalue weighted by Gasteiger charge is -2.10. The van der Waals surface area contributed by atoms with Crippen molar-refractivity contribution < 1.29 is 4.79 Å². The number of rotatable bonds is 3. The van der Waals surface area contributed by atoms with Gasteiger partial charge in [0.2, 0.25) is 0 Å². The number of thioether (sulfide) groups is 1. The Balaban J connectivity index is 2.24. The van der Waals surface area contributed by atoms with Gasteiger partial charge in [-0.05, 0) is 23.8 Å². The van der Waals surface area contributed by atoms with E-state index in [0.29, 0.717) is 20.8 Å². The summed E-state index contributed by atoms with van der Waals surface area (Å²) in [7, 11) is 0. The Kier molecular flexibility index (Phi) is 4.22. The summed E-state index contributed by atoms with van der Waals surface area (Å²) in [5, 5.41) is 0.673. The van der Waals surface area contributed by atoms with Crippen LogP contribution in [0.25, 0.3) is 6.08 Å². The summed E-state index contributed by atoms with van der Waals surface area (Å²) < 4.78 is 0.570. The lowest BCUT2D eigenvalue weighted by atomic mass is 10.2. The minimum atomic E-state index is -0.0696. The molecule has 1 heterocycles. The van der Waals surface area contributed by atoms with E-state index in [1.807, 2.05) is 18.2 Å². The molecule has 1 aromatic carbocycles. The Labute approximate surface area is 120 Å². The van der Waals surface area contributed by atoms with E-state index in [9.17, 15) is 4.79 Å². The normalized spacial score (nSPS) is 17.6. The van der Waals surface area contributed by atoms with Crippen molar-refractivity contribution in [2.24, 2.45) is 0 Å². The number of hydrogen-bond acceptors (Lipinski definition) is 3. The largest absolute Gasteiger partial charge is 0.289 e. The summed E-state index contributed by atoms with van der Waals surface area (Å²) in [4.78, 5) is 14.2. The number of nitrogens with zero attached hydrogens (tertiary/aromatic N) is 1. The van der Waals surface area contributed by atoms with Crippen molar-refractivity contribution in [3.05, 3.63) is 52.4 Å². The second-order valence-corrected chi connectivity index (χ2v) is 5.74. The summed E-state index contributed by atoms with van der Waals surface area (Å²) in [5.74, 6) is -0.0696. The van der Waals surface area contributed by atoms with E-state index >= 15 is 0 Å². The van der Waals surface area contributed by atoms with E-state index in [1.54, 1.807) is 18.2 Å². The van der Waals surface area contributed by atoms with Crippen LogP contribution in [0.2, 0.25) is 5.02 Å². The fourth-order valence-corrected chi connectivity index (χ4v) is 2.90. The number of benzene rings is 1. The van der Waals surface area contributed by atoms with Gasteiger partial charge in [-0.2, -0.15) is 0 Å². The van der Waals surface area contributed by atoms with Crippen LogP contribution in [0.4, 0.5) is 0 Å². The van der Waals surface area contributed by atoms with Gasteiger partial charge >= 0.3 is 0 Å². The van der Waals surface area contributed by atoms with Crippen LogP contribution in [0.15, 0.2) is 41.8 Å². The predicted octanol–water partition coefficient (Wildman–Crippen LogP) is 3.73. The molecule has 1 aliphatic rings. The molecule has 0 aliphatic carbocycles. The van der Waals surface area contributed by atoms with Crippen LogP contribution in [-0.2, 0) is 4.79 Å². The number of hydrogen-bond donors (Lipinski definition) is 0. The molecule has 5 heteroatoms. The van der Waals surface area contributed by atoms with Gasteiger partial charge in [-0.25, -0.2) is 0 Å². The van der Waals surface area contributed by atoms with Gasteiger partial charge in [0.05, 0.1) is 4.91 Å². The van der Waals surface area contributed by atoms with Crippen LogP contribution in [-0.4, -0.2) is 21.7 Å². The van der Waals surface area contributed by atoms with Gasteiger partial charge in [-0.15, -0.1) is 6.58 Å². The SMILES string of the molecule is C=CCN1C(=O)/C(=C\c2ccc(Cl)cc2)SC1=S. The molecule has 1 amide bonds. The molecule has 18 heavy (non-hydrogen) atoms. The molecule has 0 spiro atoms. The molecular formula is C13H10ClNOS2. The van der Waals surface area contributed by atoms with Crippen LogP contribution < -0.4 is 0 Å². The first-order valence-corrected chi connectivity index (χ1v) is 6.84. The van der Waals surface area contributed by atoms with E-state index in [2.05, 4.69) is 6.58 Å². The van der Waals surface area contributed by atoms with Gasteiger partial charge in [-0.3, -0.25) is 9.69 Å². The number of carbonyl (C=O) groups excluding carboxylic acids is 1. The van der Waals surface area contributed by atoms with Crippen LogP contribution in [0.1, 0.15) is 5.56 Å². The molecule has 0 unspecified atom stereocenters. The van der Waals surface area contributed by atoms with Gasteiger partial charge in [0, 0.05) is 11.6 Å². The standard InChI is InChI=1S/C13H10ClNOS2/c1-2-7-15-12(16)11(18-13(15)17)8-9-3-5-10(14)6-4-9/h2-6,8H,1,7H2/b11-8+. The molecule has 0 radical (unpaired) electrons. The van der Waals surface area contributed by atoms with E-state index in [1.165, 1.54) is 16.7 Å². The molecule has 1 saturated heterocycles. The Bertz CT molecular complexity index is 536. The van der Waals surface area contributed by atoms with Gasteiger partial charge in [-0.1, -0.05) is 53.8 Å². The minimum Gasteiger partial charge on any atom is -0.289 e. The van der Waals surface area contributed by atoms with Crippen molar-refractivity contribution >= 4 is 51.9 Å². The van der Waals surface area contributed by atoms with Crippen molar-refractivity contribution in [1.82, 2.24) is 4.90 Å². The first-order valence-electron chi connectivity index (χ1n) is 5.23. The number of amides is 1. The van der Waals surface area contributed by atoms with Crippen LogP contribution in [0.5, 0.6) is 0 Å². The molecule has 0 saturated carbocycles. The summed E-state index contributed by atoms with van der Waals surface area (Å²) >= 11 is 12.3. The summed E-state index contributed by atoms with van der Waals surface area (Å²) in [6.07, 6.45) is 3.48. The highest BCUT2D eigenvalue weighted by atomic mass is 35.5.